The number of aliphatic carboxylic acids is 2. The van der Waals surface area contributed by atoms with Crippen LogP contribution < -0.4 is 10.1 Å². The molecule has 0 radical (unpaired) electrons. The van der Waals surface area contributed by atoms with E-state index in [0.29, 0.717) is 16.9 Å². The maximum absolute atomic E-state index is 12.8. The molecule has 0 heterocycles. The van der Waals surface area contributed by atoms with E-state index in [0.717, 1.165) is 12.8 Å². The molecule has 1 aliphatic carbocycles. The maximum atomic E-state index is 12.8. The van der Waals surface area contributed by atoms with Crippen molar-refractivity contribution >= 4 is 23.6 Å². The Labute approximate surface area is 204 Å². The lowest BCUT2D eigenvalue weighted by atomic mass is 9.63. The number of benzene rings is 2. The molecule has 1 amide bonds. The molecule has 35 heavy (non-hydrogen) atoms. The van der Waals surface area contributed by atoms with Gasteiger partial charge >= 0.3 is 17.8 Å². The first kappa shape index (κ1) is 25.9. The Bertz CT molecular complexity index is 1150. The van der Waals surface area contributed by atoms with Gasteiger partial charge in [-0.3, -0.25) is 9.59 Å². The summed E-state index contributed by atoms with van der Waals surface area (Å²) >= 11 is 0. The van der Waals surface area contributed by atoms with Gasteiger partial charge in [0.2, 0.25) is 0 Å². The zero-order valence-corrected chi connectivity index (χ0v) is 20.4. The number of carboxylic acid groups (broad SMARTS) is 2. The van der Waals surface area contributed by atoms with Crippen molar-refractivity contribution in [1.29, 1.82) is 0 Å². The minimum atomic E-state index is -1.75. The summed E-state index contributed by atoms with van der Waals surface area (Å²) in [5.74, 6) is -4.19. The number of carbonyl (C=O) groups is 4. The summed E-state index contributed by atoms with van der Waals surface area (Å²) < 4.78 is 5.65. The molecule has 2 aromatic carbocycles. The largest absolute Gasteiger partial charge is 0.485 e. The molecule has 1 atom stereocenters. The Morgan fingerprint density at radius 2 is 1.51 bits per heavy atom. The number of amides is 1. The summed E-state index contributed by atoms with van der Waals surface area (Å²) in [4.78, 5) is 46.1. The van der Waals surface area contributed by atoms with Crippen LogP contribution in [0.2, 0.25) is 0 Å². The van der Waals surface area contributed by atoms with Crippen molar-refractivity contribution in [2.75, 3.05) is 6.61 Å². The molecule has 8 nitrogen and oxygen atoms in total. The molecule has 0 aliphatic heterocycles. The van der Waals surface area contributed by atoms with Crippen LogP contribution in [0.15, 0.2) is 42.5 Å². The topological polar surface area (TPSA) is 130 Å². The molecule has 0 bridgehead atoms. The molecule has 0 unspecified atom stereocenters. The molecule has 186 valence electrons. The van der Waals surface area contributed by atoms with Crippen molar-refractivity contribution in [3.05, 3.63) is 64.7 Å². The van der Waals surface area contributed by atoms with Crippen molar-refractivity contribution in [3.8, 4) is 5.75 Å². The van der Waals surface area contributed by atoms with E-state index >= 15 is 0 Å². The van der Waals surface area contributed by atoms with Crippen molar-refractivity contribution < 1.29 is 34.1 Å². The van der Waals surface area contributed by atoms with Crippen molar-refractivity contribution in [2.24, 2.45) is 0 Å². The van der Waals surface area contributed by atoms with Gasteiger partial charge in [-0.05, 0) is 58.6 Å². The number of carbonyl (C=O) groups excluding carboxylic acids is 2. The fourth-order valence-electron chi connectivity index (χ4n) is 4.37. The van der Waals surface area contributed by atoms with Gasteiger partial charge < -0.3 is 20.3 Å². The van der Waals surface area contributed by atoms with E-state index in [9.17, 15) is 24.3 Å². The summed E-state index contributed by atoms with van der Waals surface area (Å²) in [7, 11) is 0. The first-order valence-corrected chi connectivity index (χ1v) is 11.5. The summed E-state index contributed by atoms with van der Waals surface area (Å²) in [6, 6.07) is 10.9. The molecule has 3 N–H and O–H groups in total. The number of hydrogen-bond acceptors (Lipinski definition) is 5. The molecule has 0 saturated carbocycles. The van der Waals surface area contributed by atoms with Crippen LogP contribution in [0, 0.1) is 0 Å². The van der Waals surface area contributed by atoms with Crippen LogP contribution in [-0.2, 0) is 31.6 Å². The predicted molar refractivity (Wildman–Crippen MR) is 129 cm³/mol. The molecule has 0 saturated heterocycles. The molecule has 0 spiro atoms. The number of fused-ring (bicyclic) bond motifs is 1. The lowest BCUT2D eigenvalue weighted by molar-refractivity contribution is -0.152. The lowest BCUT2D eigenvalue weighted by Crippen LogP contribution is -2.45. The minimum absolute atomic E-state index is 0.00439. The van der Waals surface area contributed by atoms with Gasteiger partial charge in [0.25, 0.3) is 0 Å². The quantitative estimate of drug-likeness (QED) is 0.389. The third kappa shape index (κ3) is 6.07. The van der Waals surface area contributed by atoms with Crippen LogP contribution in [0.5, 0.6) is 5.75 Å². The first-order chi connectivity index (χ1) is 16.3. The Morgan fingerprint density at radius 3 is 2.09 bits per heavy atom. The van der Waals surface area contributed by atoms with Gasteiger partial charge in [-0.1, -0.05) is 52.0 Å². The Kier molecular flexibility index (Phi) is 7.33. The molecule has 3 rings (SSSR count). The second-order valence-electron chi connectivity index (χ2n) is 10.3. The number of nitrogens with one attached hydrogen (secondary N) is 1. The smallest absolute Gasteiger partial charge is 0.394 e. The van der Waals surface area contributed by atoms with Crippen molar-refractivity contribution in [2.45, 2.75) is 63.8 Å². The fraction of sp³-hybridized carbons (Fsp3) is 0.407. The zero-order valence-electron chi connectivity index (χ0n) is 20.4. The van der Waals surface area contributed by atoms with E-state index in [4.69, 9.17) is 9.84 Å². The average Bonchev–Trinajstić information content (AvgIpc) is 2.80. The highest BCUT2D eigenvalue weighted by molar-refractivity contribution is 6.31. The van der Waals surface area contributed by atoms with Crippen molar-refractivity contribution in [3.63, 3.8) is 0 Å². The SMILES string of the molecule is CC1(C)CCC(C)(C)c2cc(C(=O)COc3ccc(C[C@@H](NC(=O)C(=O)O)C(=O)O)cc3)ccc21. The van der Waals surface area contributed by atoms with Gasteiger partial charge in [-0.15, -0.1) is 0 Å². The predicted octanol–water partition coefficient (Wildman–Crippen LogP) is 3.49. The normalized spacial score (nSPS) is 16.5. The minimum Gasteiger partial charge on any atom is -0.485 e. The Morgan fingerprint density at radius 1 is 0.914 bits per heavy atom. The molecule has 8 heteroatoms. The number of ether oxygens (including phenoxy) is 1. The molecule has 2 aromatic rings. The fourth-order valence-corrected chi connectivity index (χ4v) is 4.37. The van der Waals surface area contributed by atoms with Gasteiger partial charge in [-0.2, -0.15) is 0 Å². The highest BCUT2D eigenvalue weighted by atomic mass is 16.5. The number of rotatable bonds is 8. The number of carboxylic acids is 2. The van der Waals surface area contributed by atoms with Crippen LogP contribution in [0.1, 0.15) is 67.6 Å². The third-order valence-corrected chi connectivity index (χ3v) is 6.71. The molecular weight excluding hydrogens is 450 g/mol. The highest BCUT2D eigenvalue weighted by Crippen LogP contribution is 2.45. The van der Waals surface area contributed by atoms with E-state index in [2.05, 4.69) is 33.8 Å². The Balaban J connectivity index is 1.64. The van der Waals surface area contributed by atoms with Gasteiger partial charge in [0, 0.05) is 12.0 Å². The van der Waals surface area contributed by atoms with E-state index < -0.39 is 23.9 Å². The summed E-state index contributed by atoms with van der Waals surface area (Å²) in [6.07, 6.45) is 2.05. The van der Waals surface area contributed by atoms with E-state index in [-0.39, 0.29) is 29.6 Å². The molecule has 0 fully saturated rings. The van der Waals surface area contributed by atoms with Crippen LogP contribution in [0.25, 0.3) is 0 Å². The third-order valence-electron chi connectivity index (χ3n) is 6.71. The van der Waals surface area contributed by atoms with Crippen molar-refractivity contribution in [1.82, 2.24) is 5.32 Å². The average molecular weight is 482 g/mol. The van der Waals surface area contributed by atoms with E-state index in [1.165, 1.54) is 11.1 Å². The van der Waals surface area contributed by atoms with E-state index in [1.54, 1.807) is 24.3 Å². The van der Waals surface area contributed by atoms with Crippen LogP contribution in [0.3, 0.4) is 0 Å². The second-order valence-corrected chi connectivity index (χ2v) is 10.3. The summed E-state index contributed by atoms with van der Waals surface area (Å²) in [6.45, 7) is 8.72. The monoisotopic (exact) mass is 481 g/mol. The van der Waals surface area contributed by atoms with Crippen LogP contribution in [0.4, 0.5) is 0 Å². The van der Waals surface area contributed by atoms with E-state index in [1.807, 2.05) is 17.4 Å². The van der Waals surface area contributed by atoms with Crippen LogP contribution in [-0.4, -0.2) is 46.5 Å². The number of Topliss-reactive ketones (excluding diaryl/α,β-unsaturated/α-hetero) is 1. The summed E-state index contributed by atoms with van der Waals surface area (Å²) in [5.41, 5.74) is 3.70. The molecule has 1 aliphatic rings. The second kappa shape index (κ2) is 9.90. The zero-order chi connectivity index (χ0) is 26.0. The summed E-state index contributed by atoms with van der Waals surface area (Å²) in [5, 5.41) is 19.9. The van der Waals surface area contributed by atoms with Gasteiger partial charge in [0.1, 0.15) is 11.8 Å². The highest BCUT2D eigenvalue weighted by Gasteiger charge is 2.37. The van der Waals surface area contributed by atoms with Gasteiger partial charge in [0.05, 0.1) is 0 Å². The first-order valence-electron chi connectivity index (χ1n) is 11.5. The molecule has 0 aromatic heterocycles. The standard InChI is InChI=1S/C27H31NO7/c1-26(2)11-12-27(3,4)20-14-17(7-10-19(20)26)22(29)15-35-18-8-5-16(6-9-18)13-21(24(31)32)28-23(30)25(33)34/h5-10,14,21H,11-13,15H2,1-4H3,(H,28,30)(H,31,32)(H,33,34)/t21-/m1/s1. The number of ketones is 1. The lowest BCUT2D eigenvalue weighted by Gasteiger charge is -2.42. The Hall–Kier alpha value is -3.68. The van der Waals surface area contributed by atoms with Crippen LogP contribution >= 0.6 is 0 Å². The van der Waals surface area contributed by atoms with Gasteiger partial charge in [-0.25, -0.2) is 9.59 Å². The molecular formula is C27H31NO7. The number of hydrogen-bond donors (Lipinski definition) is 3. The maximum Gasteiger partial charge on any atom is 0.394 e. The van der Waals surface area contributed by atoms with Gasteiger partial charge in [0.15, 0.2) is 12.4 Å².